The summed E-state index contributed by atoms with van der Waals surface area (Å²) >= 11 is 1.85. The van der Waals surface area contributed by atoms with Crippen LogP contribution in [0.5, 0.6) is 0 Å². The molecule has 3 aromatic heterocycles. The molecule has 3 aromatic rings. The van der Waals surface area contributed by atoms with Gasteiger partial charge in [-0.3, -0.25) is 9.78 Å². The minimum atomic E-state index is 0.0814. The number of pyridine rings is 1. The Bertz CT molecular complexity index is 1060. The van der Waals surface area contributed by atoms with Gasteiger partial charge in [0.1, 0.15) is 16.5 Å². The van der Waals surface area contributed by atoms with Crippen LogP contribution < -0.4 is 4.90 Å². The molecule has 7 heteroatoms. The van der Waals surface area contributed by atoms with Crippen LogP contribution in [0, 0.1) is 12.8 Å². The number of carbonyl (C=O) groups excluding carboxylic acids is 1. The second-order valence-electron chi connectivity index (χ2n) is 8.14. The standard InChI is InChI=1S/C22H25N5OS/c1-14-3-4-17-18(13-14)29-21-19(17)20(24-15(2)25-21)26-9-11-27(12-10-26)22(28)16-5-7-23-8-6-16/h5-8,14H,3-4,9-13H2,1-2H3/t14-/m0/s1. The van der Waals surface area contributed by atoms with Crippen LogP contribution in [-0.4, -0.2) is 51.9 Å². The van der Waals surface area contributed by atoms with E-state index in [9.17, 15) is 4.79 Å². The maximum atomic E-state index is 12.7. The van der Waals surface area contributed by atoms with Crippen molar-refractivity contribution in [3.05, 3.63) is 46.4 Å². The lowest BCUT2D eigenvalue weighted by Gasteiger charge is -2.36. The number of amides is 1. The number of rotatable bonds is 2. The normalized spacial score (nSPS) is 19.4. The Hall–Kier alpha value is -2.54. The van der Waals surface area contributed by atoms with Crippen LogP contribution in [-0.2, 0) is 12.8 Å². The Morgan fingerprint density at radius 3 is 2.66 bits per heavy atom. The van der Waals surface area contributed by atoms with E-state index in [0.717, 1.165) is 48.3 Å². The van der Waals surface area contributed by atoms with Gasteiger partial charge in [0.05, 0.1) is 5.39 Å². The van der Waals surface area contributed by atoms with Crippen molar-refractivity contribution in [2.75, 3.05) is 31.1 Å². The number of thiophene rings is 1. The molecule has 1 saturated heterocycles. The molecule has 0 bridgehead atoms. The summed E-state index contributed by atoms with van der Waals surface area (Å²) in [5, 5.41) is 1.26. The maximum absolute atomic E-state index is 12.7. The second-order valence-corrected chi connectivity index (χ2v) is 9.23. The summed E-state index contributed by atoms with van der Waals surface area (Å²) in [5.41, 5.74) is 2.17. The molecule has 0 saturated carbocycles. The van der Waals surface area contributed by atoms with Crippen LogP contribution in [0.15, 0.2) is 24.5 Å². The van der Waals surface area contributed by atoms with E-state index < -0.39 is 0 Å². The summed E-state index contributed by atoms with van der Waals surface area (Å²) < 4.78 is 0. The Balaban J connectivity index is 1.41. The van der Waals surface area contributed by atoms with Crippen molar-refractivity contribution in [3.8, 4) is 0 Å². The number of piperazine rings is 1. The topological polar surface area (TPSA) is 62.2 Å². The van der Waals surface area contributed by atoms with Crippen LogP contribution in [0.1, 0.15) is 40.0 Å². The first-order valence-electron chi connectivity index (χ1n) is 10.3. The minimum Gasteiger partial charge on any atom is -0.352 e. The maximum Gasteiger partial charge on any atom is 0.254 e. The van der Waals surface area contributed by atoms with E-state index in [4.69, 9.17) is 9.97 Å². The number of aromatic nitrogens is 3. The van der Waals surface area contributed by atoms with Gasteiger partial charge in [0.15, 0.2) is 0 Å². The number of hydrogen-bond acceptors (Lipinski definition) is 6. The van der Waals surface area contributed by atoms with Crippen LogP contribution >= 0.6 is 11.3 Å². The fraction of sp³-hybridized carbons (Fsp3) is 0.455. The van der Waals surface area contributed by atoms with Crippen molar-refractivity contribution in [1.29, 1.82) is 0 Å². The highest BCUT2D eigenvalue weighted by Gasteiger charge is 2.28. The molecule has 150 valence electrons. The highest BCUT2D eigenvalue weighted by atomic mass is 32.1. The molecule has 4 heterocycles. The Morgan fingerprint density at radius 2 is 1.90 bits per heavy atom. The van der Waals surface area contributed by atoms with Gasteiger partial charge in [-0.05, 0) is 49.8 Å². The summed E-state index contributed by atoms with van der Waals surface area (Å²) in [5.74, 6) is 2.72. The third-order valence-electron chi connectivity index (χ3n) is 6.04. The third kappa shape index (κ3) is 3.37. The van der Waals surface area contributed by atoms with Crippen molar-refractivity contribution in [1.82, 2.24) is 19.9 Å². The largest absolute Gasteiger partial charge is 0.352 e. The summed E-state index contributed by atoms with van der Waals surface area (Å²) in [6.45, 7) is 7.31. The van der Waals surface area contributed by atoms with Crippen molar-refractivity contribution in [2.45, 2.75) is 33.1 Å². The first-order chi connectivity index (χ1) is 14.1. The number of anilines is 1. The predicted octanol–water partition coefficient (Wildman–Crippen LogP) is 3.48. The SMILES string of the molecule is Cc1nc(N2CCN(C(=O)c3ccncc3)CC2)c2c3c(sc2n1)C[C@@H](C)CC3. The molecule has 1 atom stereocenters. The predicted molar refractivity (Wildman–Crippen MR) is 116 cm³/mol. The molecule has 0 N–H and O–H groups in total. The number of nitrogens with zero attached hydrogens (tertiary/aromatic N) is 5. The fourth-order valence-electron chi connectivity index (χ4n) is 4.45. The van der Waals surface area contributed by atoms with Gasteiger partial charge < -0.3 is 9.80 Å². The molecular weight excluding hydrogens is 382 g/mol. The lowest BCUT2D eigenvalue weighted by atomic mass is 9.89. The molecule has 6 nitrogen and oxygen atoms in total. The number of carbonyl (C=O) groups is 1. The average molecular weight is 408 g/mol. The molecule has 2 aliphatic rings. The number of hydrogen-bond donors (Lipinski definition) is 0. The quantitative estimate of drug-likeness (QED) is 0.651. The zero-order chi connectivity index (χ0) is 20.0. The van der Waals surface area contributed by atoms with E-state index in [1.54, 1.807) is 24.5 Å². The highest BCUT2D eigenvalue weighted by Crippen LogP contribution is 2.41. The third-order valence-corrected chi connectivity index (χ3v) is 7.19. The van der Waals surface area contributed by atoms with E-state index in [0.29, 0.717) is 18.7 Å². The van der Waals surface area contributed by atoms with Crippen LogP contribution in [0.25, 0.3) is 10.2 Å². The number of aryl methyl sites for hydroxylation is 2. The molecule has 0 radical (unpaired) electrons. The van der Waals surface area contributed by atoms with Gasteiger partial charge >= 0.3 is 0 Å². The van der Waals surface area contributed by atoms with E-state index in [-0.39, 0.29) is 5.91 Å². The molecule has 0 unspecified atom stereocenters. The lowest BCUT2D eigenvalue weighted by molar-refractivity contribution is 0.0746. The van der Waals surface area contributed by atoms with Gasteiger partial charge in [0, 0.05) is 49.0 Å². The Morgan fingerprint density at radius 1 is 1.14 bits per heavy atom. The summed E-state index contributed by atoms with van der Waals surface area (Å²) in [4.78, 5) is 33.3. The first-order valence-corrected chi connectivity index (χ1v) is 11.1. The van der Waals surface area contributed by atoms with Crippen LogP contribution in [0.3, 0.4) is 0 Å². The Kier molecular flexibility index (Phi) is 4.70. The van der Waals surface area contributed by atoms with Gasteiger partial charge in [-0.25, -0.2) is 9.97 Å². The summed E-state index contributed by atoms with van der Waals surface area (Å²) in [6, 6.07) is 3.56. The zero-order valence-electron chi connectivity index (χ0n) is 16.9. The number of fused-ring (bicyclic) bond motifs is 3. The molecule has 1 fully saturated rings. The molecule has 0 aromatic carbocycles. The second kappa shape index (κ2) is 7.37. The van der Waals surface area contributed by atoms with Crippen LogP contribution in [0.2, 0.25) is 0 Å². The van der Waals surface area contributed by atoms with Crippen molar-refractivity contribution in [3.63, 3.8) is 0 Å². The van der Waals surface area contributed by atoms with E-state index in [1.165, 1.54) is 22.2 Å². The zero-order valence-corrected chi connectivity index (χ0v) is 17.7. The fourth-order valence-corrected chi connectivity index (χ4v) is 5.88. The molecule has 5 rings (SSSR count). The summed E-state index contributed by atoms with van der Waals surface area (Å²) in [6.07, 6.45) is 6.86. The van der Waals surface area contributed by atoms with Crippen molar-refractivity contribution >= 4 is 33.3 Å². The van der Waals surface area contributed by atoms with Gasteiger partial charge in [-0.15, -0.1) is 11.3 Å². The first kappa shape index (κ1) is 18.5. The monoisotopic (exact) mass is 407 g/mol. The van der Waals surface area contributed by atoms with E-state index >= 15 is 0 Å². The summed E-state index contributed by atoms with van der Waals surface area (Å²) in [7, 11) is 0. The molecular formula is C22H25N5OS. The van der Waals surface area contributed by atoms with Gasteiger partial charge in [0.25, 0.3) is 5.91 Å². The smallest absolute Gasteiger partial charge is 0.254 e. The molecule has 1 amide bonds. The highest BCUT2D eigenvalue weighted by molar-refractivity contribution is 7.19. The van der Waals surface area contributed by atoms with E-state index in [1.807, 2.05) is 23.2 Å². The molecule has 0 spiro atoms. The van der Waals surface area contributed by atoms with E-state index in [2.05, 4.69) is 16.8 Å². The van der Waals surface area contributed by atoms with Crippen LogP contribution in [0.4, 0.5) is 5.82 Å². The van der Waals surface area contributed by atoms with Gasteiger partial charge in [-0.1, -0.05) is 6.92 Å². The van der Waals surface area contributed by atoms with Crippen molar-refractivity contribution < 1.29 is 4.79 Å². The molecule has 29 heavy (non-hydrogen) atoms. The molecule has 1 aliphatic carbocycles. The minimum absolute atomic E-state index is 0.0814. The average Bonchev–Trinajstić information content (AvgIpc) is 3.10. The lowest BCUT2D eigenvalue weighted by Crippen LogP contribution is -2.49. The Labute approximate surface area is 174 Å². The van der Waals surface area contributed by atoms with Gasteiger partial charge in [0.2, 0.25) is 0 Å². The van der Waals surface area contributed by atoms with Gasteiger partial charge in [-0.2, -0.15) is 0 Å². The molecule has 1 aliphatic heterocycles. The van der Waals surface area contributed by atoms with Crippen molar-refractivity contribution in [2.24, 2.45) is 5.92 Å².